The van der Waals surface area contributed by atoms with Crippen molar-refractivity contribution in [3.8, 4) is 39.1 Å². The van der Waals surface area contributed by atoms with Crippen LogP contribution in [0.2, 0.25) is 0 Å². The van der Waals surface area contributed by atoms with E-state index in [0.29, 0.717) is 0 Å². The monoisotopic (exact) mass is 738 g/mol. The number of hydrogen-bond donors (Lipinski definition) is 0. The van der Waals surface area contributed by atoms with Crippen molar-refractivity contribution in [2.75, 3.05) is 4.90 Å². The number of anilines is 3. The molecule has 0 unspecified atom stereocenters. The molecule has 0 radical (unpaired) electrons. The highest BCUT2D eigenvalue weighted by molar-refractivity contribution is 6.14. The number of hydrogen-bond acceptors (Lipinski definition) is 1. The van der Waals surface area contributed by atoms with E-state index in [1.807, 2.05) is 0 Å². The Morgan fingerprint density at radius 3 is 1.60 bits per heavy atom. The second-order valence-electron chi connectivity index (χ2n) is 14.9. The molecule has 1 aromatic heterocycles. The highest BCUT2D eigenvalue weighted by atomic mass is 15.1. The topological polar surface area (TPSA) is 8.17 Å². The van der Waals surface area contributed by atoms with E-state index in [1.54, 1.807) is 0 Å². The molecule has 2 heteroatoms. The largest absolute Gasteiger partial charge is 0.310 e. The molecule has 0 N–H and O–H groups in total. The first kappa shape index (κ1) is 33.6. The van der Waals surface area contributed by atoms with Crippen LogP contribution < -0.4 is 4.90 Å². The van der Waals surface area contributed by atoms with Gasteiger partial charge in [0.15, 0.2) is 0 Å². The molecule has 2 nitrogen and oxygen atoms in total. The number of benzene rings is 10. The third kappa shape index (κ3) is 5.74. The first-order valence-corrected chi connectivity index (χ1v) is 19.9. The minimum absolute atomic E-state index is 1.09. The standard InChI is InChI=1S/C56H38N2/c1-3-15-39(16-4-1)40-27-31-44(32-28-40)57(54-25-13-11-21-48(54)41-17-5-2-6-18-41)46-35-36-52-51-24-12-14-26-55(51)58(56(52)38-46)45-33-29-42(30-34-45)53-37-43-19-7-8-20-47(43)49-22-9-10-23-50(49)53/h1-38H. The van der Waals surface area contributed by atoms with Crippen molar-refractivity contribution >= 4 is 60.4 Å². The molecule has 1 heterocycles. The number of nitrogens with zero attached hydrogens (tertiary/aromatic N) is 2. The zero-order valence-corrected chi connectivity index (χ0v) is 31.8. The summed E-state index contributed by atoms with van der Waals surface area (Å²) in [5.74, 6) is 0. The lowest BCUT2D eigenvalue weighted by atomic mass is 9.93. The van der Waals surface area contributed by atoms with Crippen LogP contribution >= 0.6 is 0 Å². The lowest BCUT2D eigenvalue weighted by Gasteiger charge is -2.28. The SMILES string of the molecule is c1ccc(-c2ccc(N(c3ccc4c5ccccc5n(-c5ccc(-c6cc7ccccc7c7ccccc67)cc5)c4c3)c3ccccc3-c3ccccc3)cc2)cc1. The maximum Gasteiger partial charge on any atom is 0.0561 e. The van der Waals surface area contributed by atoms with Gasteiger partial charge in [-0.3, -0.25) is 0 Å². The van der Waals surface area contributed by atoms with E-state index in [4.69, 9.17) is 0 Å². The van der Waals surface area contributed by atoms with Gasteiger partial charge in [-0.2, -0.15) is 0 Å². The minimum atomic E-state index is 1.09. The molecule has 0 atom stereocenters. The zero-order chi connectivity index (χ0) is 38.4. The van der Waals surface area contributed by atoms with Gasteiger partial charge in [0, 0.05) is 33.4 Å². The van der Waals surface area contributed by atoms with Gasteiger partial charge in [-0.05, 0) is 104 Å². The molecular formula is C56H38N2. The Hall–Kier alpha value is -7.68. The van der Waals surface area contributed by atoms with Crippen LogP contribution in [-0.2, 0) is 0 Å². The van der Waals surface area contributed by atoms with Crippen LogP contribution in [0.3, 0.4) is 0 Å². The van der Waals surface area contributed by atoms with Gasteiger partial charge in [-0.15, -0.1) is 0 Å². The molecule has 0 bridgehead atoms. The predicted molar refractivity (Wildman–Crippen MR) is 247 cm³/mol. The van der Waals surface area contributed by atoms with Crippen LogP contribution in [-0.4, -0.2) is 4.57 Å². The van der Waals surface area contributed by atoms with E-state index in [9.17, 15) is 0 Å². The predicted octanol–water partition coefficient (Wildman–Crippen LogP) is 15.6. The molecule has 272 valence electrons. The van der Waals surface area contributed by atoms with Gasteiger partial charge in [0.2, 0.25) is 0 Å². The Morgan fingerprint density at radius 1 is 0.293 bits per heavy atom. The summed E-state index contributed by atoms with van der Waals surface area (Å²) in [6, 6.07) is 83.7. The zero-order valence-electron chi connectivity index (χ0n) is 31.8. The minimum Gasteiger partial charge on any atom is -0.310 e. The summed E-state index contributed by atoms with van der Waals surface area (Å²) in [4.78, 5) is 2.41. The molecule has 0 aliphatic carbocycles. The number of para-hydroxylation sites is 2. The van der Waals surface area contributed by atoms with Crippen LogP contribution in [0.4, 0.5) is 17.1 Å². The lowest BCUT2D eigenvalue weighted by Crippen LogP contribution is -2.11. The maximum atomic E-state index is 2.43. The molecule has 0 saturated heterocycles. The first-order chi connectivity index (χ1) is 28.8. The van der Waals surface area contributed by atoms with E-state index in [0.717, 1.165) is 28.3 Å². The fourth-order valence-electron chi connectivity index (χ4n) is 8.85. The van der Waals surface area contributed by atoms with Crippen molar-refractivity contribution in [1.29, 1.82) is 0 Å². The van der Waals surface area contributed by atoms with Crippen LogP contribution in [0.15, 0.2) is 231 Å². The van der Waals surface area contributed by atoms with Crippen molar-refractivity contribution in [2.45, 2.75) is 0 Å². The second-order valence-corrected chi connectivity index (χ2v) is 14.9. The van der Waals surface area contributed by atoms with E-state index in [2.05, 4.69) is 240 Å². The third-order valence-electron chi connectivity index (χ3n) is 11.6. The van der Waals surface area contributed by atoms with Gasteiger partial charge in [0.1, 0.15) is 0 Å². The summed E-state index contributed by atoms with van der Waals surface area (Å²) < 4.78 is 2.43. The Labute approximate surface area is 338 Å². The van der Waals surface area contributed by atoms with Gasteiger partial charge < -0.3 is 9.47 Å². The second kappa shape index (κ2) is 14.1. The summed E-state index contributed by atoms with van der Waals surface area (Å²) in [5, 5.41) is 7.54. The van der Waals surface area contributed by atoms with Crippen LogP contribution in [0.5, 0.6) is 0 Å². The van der Waals surface area contributed by atoms with E-state index in [1.165, 1.54) is 71.2 Å². The molecule has 0 saturated carbocycles. The van der Waals surface area contributed by atoms with E-state index >= 15 is 0 Å². The first-order valence-electron chi connectivity index (χ1n) is 19.9. The summed E-state index contributed by atoms with van der Waals surface area (Å²) in [5.41, 5.74) is 14.0. The molecule has 0 fully saturated rings. The average molecular weight is 739 g/mol. The van der Waals surface area contributed by atoms with Crippen LogP contribution in [0, 0.1) is 0 Å². The summed E-state index contributed by atoms with van der Waals surface area (Å²) in [7, 11) is 0. The Balaban J connectivity index is 1.09. The Kier molecular flexibility index (Phi) is 8.19. The molecule has 0 aliphatic heterocycles. The summed E-state index contributed by atoms with van der Waals surface area (Å²) >= 11 is 0. The molecule has 0 amide bonds. The molecule has 0 aliphatic rings. The average Bonchev–Trinajstić information content (AvgIpc) is 3.63. The summed E-state index contributed by atoms with van der Waals surface area (Å²) in [6.07, 6.45) is 0. The van der Waals surface area contributed by atoms with Gasteiger partial charge in [0.05, 0.1) is 16.7 Å². The normalized spacial score (nSPS) is 11.4. The van der Waals surface area contributed by atoms with Gasteiger partial charge in [-0.25, -0.2) is 0 Å². The molecular weight excluding hydrogens is 701 g/mol. The van der Waals surface area contributed by atoms with Crippen molar-refractivity contribution in [3.63, 3.8) is 0 Å². The molecule has 0 spiro atoms. The van der Waals surface area contributed by atoms with Crippen molar-refractivity contribution in [1.82, 2.24) is 4.57 Å². The molecule has 58 heavy (non-hydrogen) atoms. The van der Waals surface area contributed by atoms with Crippen LogP contribution in [0.25, 0.3) is 82.4 Å². The maximum absolute atomic E-state index is 2.43. The molecule has 10 aromatic carbocycles. The van der Waals surface area contributed by atoms with E-state index in [-0.39, 0.29) is 0 Å². The fraction of sp³-hybridized carbons (Fsp3) is 0. The lowest BCUT2D eigenvalue weighted by molar-refractivity contribution is 1.18. The van der Waals surface area contributed by atoms with Crippen molar-refractivity contribution in [3.05, 3.63) is 231 Å². The molecule has 11 rings (SSSR count). The number of aromatic nitrogens is 1. The highest BCUT2D eigenvalue weighted by Crippen LogP contribution is 2.44. The Morgan fingerprint density at radius 2 is 0.828 bits per heavy atom. The van der Waals surface area contributed by atoms with Gasteiger partial charge >= 0.3 is 0 Å². The molecule has 11 aromatic rings. The number of rotatable bonds is 7. The van der Waals surface area contributed by atoms with Gasteiger partial charge in [0.25, 0.3) is 0 Å². The highest BCUT2D eigenvalue weighted by Gasteiger charge is 2.20. The van der Waals surface area contributed by atoms with E-state index < -0.39 is 0 Å². The third-order valence-corrected chi connectivity index (χ3v) is 11.6. The van der Waals surface area contributed by atoms with Crippen LogP contribution in [0.1, 0.15) is 0 Å². The quantitative estimate of drug-likeness (QED) is 0.148. The van der Waals surface area contributed by atoms with Gasteiger partial charge in [-0.1, -0.05) is 176 Å². The Bertz CT molecular complexity index is 3250. The smallest absolute Gasteiger partial charge is 0.0561 e. The summed E-state index contributed by atoms with van der Waals surface area (Å²) in [6.45, 7) is 0. The van der Waals surface area contributed by atoms with Crippen molar-refractivity contribution < 1.29 is 0 Å². The van der Waals surface area contributed by atoms with Crippen molar-refractivity contribution in [2.24, 2.45) is 0 Å². The number of fused-ring (bicyclic) bond motifs is 6. The fourth-order valence-corrected chi connectivity index (χ4v) is 8.85.